The molecule has 7 nitrogen and oxygen atoms in total. The predicted molar refractivity (Wildman–Crippen MR) is 105 cm³/mol. The quantitative estimate of drug-likeness (QED) is 0.632. The molecule has 0 amide bonds. The summed E-state index contributed by atoms with van der Waals surface area (Å²) < 4.78 is 36.5. The molecule has 0 saturated carbocycles. The van der Waals surface area contributed by atoms with E-state index in [1.807, 2.05) is 18.4 Å². The van der Waals surface area contributed by atoms with E-state index in [-0.39, 0.29) is 11.8 Å². The van der Waals surface area contributed by atoms with Gasteiger partial charge in [-0.1, -0.05) is 11.9 Å². The number of ether oxygens (including phenoxy) is 1. The summed E-state index contributed by atoms with van der Waals surface area (Å²) in [6.45, 7) is 2.85. The smallest absolute Gasteiger partial charge is 0.282 e. The average molecular weight is 406 g/mol. The van der Waals surface area contributed by atoms with Gasteiger partial charge < -0.3 is 9.64 Å². The van der Waals surface area contributed by atoms with Crippen LogP contribution in [0, 0.1) is 0 Å². The minimum atomic E-state index is -2.63. The van der Waals surface area contributed by atoms with Crippen LogP contribution < -0.4 is 9.62 Å². The number of nitrogens with one attached hydrogen (secondary N) is 1. The van der Waals surface area contributed by atoms with Gasteiger partial charge in [0, 0.05) is 31.4 Å². The second kappa shape index (κ2) is 8.38. The third-order valence-corrected chi connectivity index (χ3v) is 5.02. The van der Waals surface area contributed by atoms with Crippen LogP contribution >= 0.6 is 11.9 Å². The lowest BCUT2D eigenvalue weighted by molar-refractivity contribution is 0.0444. The average Bonchev–Trinajstić information content (AvgIpc) is 3.16. The van der Waals surface area contributed by atoms with E-state index in [4.69, 9.17) is 4.74 Å². The molecule has 0 spiro atoms. The topological polar surface area (TPSA) is 67.6 Å². The normalized spacial score (nSPS) is 17.6. The lowest BCUT2D eigenvalue weighted by Crippen LogP contribution is -2.46. The maximum absolute atomic E-state index is 13.0. The van der Waals surface area contributed by atoms with Gasteiger partial charge in [0.25, 0.3) is 6.43 Å². The Kier molecular flexibility index (Phi) is 5.69. The molecule has 3 aromatic rings. The van der Waals surface area contributed by atoms with Crippen molar-refractivity contribution in [3.05, 3.63) is 42.4 Å². The summed E-state index contributed by atoms with van der Waals surface area (Å²) in [4.78, 5) is 10.9. The number of nitrogens with zero attached hydrogens (tertiary/aromatic N) is 5. The molecule has 0 radical (unpaired) electrons. The minimum absolute atomic E-state index is 0.0812. The largest absolute Gasteiger partial charge is 0.373 e. The van der Waals surface area contributed by atoms with E-state index in [9.17, 15) is 8.78 Å². The molecule has 10 heteroatoms. The third kappa shape index (κ3) is 3.94. The Morgan fingerprint density at radius 3 is 3.04 bits per heavy atom. The maximum Gasteiger partial charge on any atom is 0.282 e. The second-order valence-electron chi connectivity index (χ2n) is 6.37. The van der Waals surface area contributed by atoms with Gasteiger partial charge in [0.1, 0.15) is 11.5 Å². The lowest BCUT2D eigenvalue weighted by atomic mass is 10.2. The first kappa shape index (κ1) is 19.0. The molecule has 148 valence electrons. The number of aromatic nitrogens is 4. The van der Waals surface area contributed by atoms with Crippen molar-refractivity contribution in [1.29, 1.82) is 0 Å². The zero-order valence-corrected chi connectivity index (χ0v) is 16.1. The first-order valence-electron chi connectivity index (χ1n) is 8.87. The van der Waals surface area contributed by atoms with Gasteiger partial charge in [-0.3, -0.25) is 4.72 Å². The van der Waals surface area contributed by atoms with Gasteiger partial charge >= 0.3 is 0 Å². The van der Waals surface area contributed by atoms with Gasteiger partial charge in [0.15, 0.2) is 5.65 Å². The van der Waals surface area contributed by atoms with E-state index in [1.165, 1.54) is 10.6 Å². The molecule has 28 heavy (non-hydrogen) atoms. The van der Waals surface area contributed by atoms with Crippen molar-refractivity contribution < 1.29 is 13.5 Å². The number of halogens is 2. The molecule has 1 unspecified atom stereocenters. The fourth-order valence-corrected chi connectivity index (χ4v) is 3.53. The van der Waals surface area contributed by atoms with Gasteiger partial charge in [-0.25, -0.2) is 23.3 Å². The van der Waals surface area contributed by atoms with Crippen LogP contribution in [0.15, 0.2) is 36.7 Å². The van der Waals surface area contributed by atoms with Crippen molar-refractivity contribution >= 4 is 23.4 Å². The van der Waals surface area contributed by atoms with Gasteiger partial charge in [-0.2, -0.15) is 5.10 Å². The molecule has 1 atom stereocenters. The number of pyridine rings is 1. The molecule has 1 N–H and O–H groups in total. The summed E-state index contributed by atoms with van der Waals surface area (Å²) in [5.41, 5.74) is 1.71. The van der Waals surface area contributed by atoms with E-state index in [1.54, 1.807) is 30.4 Å². The molecule has 3 aromatic heterocycles. The van der Waals surface area contributed by atoms with Crippen molar-refractivity contribution in [3.8, 4) is 11.3 Å². The second-order valence-corrected chi connectivity index (χ2v) is 7.06. The first-order valence-corrected chi connectivity index (χ1v) is 10.1. The van der Waals surface area contributed by atoms with Crippen molar-refractivity contribution in [1.82, 2.24) is 24.3 Å². The molecule has 4 rings (SSSR count). The Morgan fingerprint density at radius 2 is 2.21 bits per heavy atom. The van der Waals surface area contributed by atoms with E-state index in [0.717, 1.165) is 31.0 Å². The van der Waals surface area contributed by atoms with Crippen LogP contribution in [-0.2, 0) is 4.74 Å². The van der Waals surface area contributed by atoms with Crippen LogP contribution in [0.25, 0.3) is 16.9 Å². The Labute approximate surface area is 165 Å². The first-order chi connectivity index (χ1) is 13.7. The number of morpholine rings is 1. The van der Waals surface area contributed by atoms with Crippen molar-refractivity contribution in [2.45, 2.75) is 12.5 Å². The van der Waals surface area contributed by atoms with E-state index >= 15 is 0 Å². The molecule has 0 aliphatic carbocycles. The summed E-state index contributed by atoms with van der Waals surface area (Å²) in [6.07, 6.45) is 2.78. The fraction of sp³-hybridized carbons (Fsp3) is 0.389. The summed E-state index contributed by atoms with van der Waals surface area (Å²) >= 11 is 1.56. The van der Waals surface area contributed by atoms with E-state index in [0.29, 0.717) is 17.9 Å². The Balaban J connectivity index is 1.62. The van der Waals surface area contributed by atoms with Crippen LogP contribution in [0.5, 0.6) is 0 Å². The number of hydrogen-bond donors (Lipinski definition) is 1. The summed E-state index contributed by atoms with van der Waals surface area (Å²) in [6, 6.07) is 6.61. The number of fused-ring (bicyclic) bond motifs is 1. The highest BCUT2D eigenvalue weighted by Crippen LogP contribution is 2.25. The molecule has 0 aromatic carbocycles. The highest BCUT2D eigenvalue weighted by Gasteiger charge is 2.22. The van der Waals surface area contributed by atoms with E-state index < -0.39 is 6.43 Å². The summed E-state index contributed by atoms with van der Waals surface area (Å²) in [5, 5.41) is 4.04. The number of alkyl halides is 2. The molecule has 0 bridgehead atoms. The van der Waals surface area contributed by atoms with E-state index in [2.05, 4.69) is 24.7 Å². The highest BCUT2D eigenvalue weighted by molar-refractivity contribution is 7.96. The minimum Gasteiger partial charge on any atom is -0.373 e. The maximum atomic E-state index is 13.0. The highest BCUT2D eigenvalue weighted by atomic mass is 32.2. The number of hydrogen-bond acceptors (Lipinski definition) is 7. The zero-order chi connectivity index (χ0) is 19.5. The van der Waals surface area contributed by atoms with Crippen LogP contribution in [0.1, 0.15) is 12.1 Å². The lowest BCUT2D eigenvalue weighted by Gasteiger charge is -2.33. The summed E-state index contributed by atoms with van der Waals surface area (Å²) in [5.74, 6) is 0.815. The van der Waals surface area contributed by atoms with Gasteiger partial charge in [-0.15, -0.1) is 0 Å². The van der Waals surface area contributed by atoms with Gasteiger partial charge in [0.05, 0.1) is 24.6 Å². The Morgan fingerprint density at radius 1 is 1.32 bits per heavy atom. The fourth-order valence-electron chi connectivity index (χ4n) is 3.18. The molecule has 4 heterocycles. The molecule has 1 saturated heterocycles. The molecule has 1 fully saturated rings. The van der Waals surface area contributed by atoms with Gasteiger partial charge in [-0.05, 0) is 30.5 Å². The molecular weight excluding hydrogens is 386 g/mol. The Bertz CT molecular complexity index is 953. The Hall–Kier alpha value is -2.30. The van der Waals surface area contributed by atoms with Crippen molar-refractivity contribution in [2.24, 2.45) is 0 Å². The van der Waals surface area contributed by atoms with Crippen LogP contribution in [0.4, 0.5) is 14.6 Å². The van der Waals surface area contributed by atoms with Crippen LogP contribution in [0.2, 0.25) is 0 Å². The SMILES string of the molecule is CSNCC1CN(c2cc(-c3cnc4ccc(C(F)F)nn34)ccn2)CCO1. The van der Waals surface area contributed by atoms with Crippen LogP contribution in [-0.4, -0.2) is 58.2 Å². The molecule has 1 aliphatic heterocycles. The number of anilines is 1. The van der Waals surface area contributed by atoms with Crippen molar-refractivity contribution in [2.75, 3.05) is 37.4 Å². The van der Waals surface area contributed by atoms with Crippen molar-refractivity contribution in [3.63, 3.8) is 0 Å². The summed E-state index contributed by atoms with van der Waals surface area (Å²) in [7, 11) is 0. The monoisotopic (exact) mass is 406 g/mol. The number of rotatable bonds is 6. The predicted octanol–water partition coefficient (Wildman–Crippen LogP) is 2.80. The third-order valence-electron chi connectivity index (χ3n) is 4.57. The molecular formula is C18H20F2N6OS. The standard InChI is InChI=1S/C18H20F2N6OS/c1-28-23-9-13-11-25(6-7-27-13)17-8-12(4-5-21-17)15-10-22-16-3-2-14(18(19)20)24-26(15)16/h2-5,8,10,13,18,23H,6-7,9,11H2,1H3. The number of imidazole rings is 1. The van der Waals surface area contributed by atoms with Gasteiger partial charge in [0.2, 0.25) is 0 Å². The van der Waals surface area contributed by atoms with Crippen LogP contribution in [0.3, 0.4) is 0 Å². The molecule has 1 aliphatic rings. The zero-order valence-electron chi connectivity index (χ0n) is 15.3.